The number of amides is 1. The number of hydrogen-bond acceptors (Lipinski definition) is 5. The van der Waals surface area contributed by atoms with Crippen LogP contribution in [-0.2, 0) is 6.42 Å². The second kappa shape index (κ2) is 9.12. The molecule has 1 aromatic heterocycles. The van der Waals surface area contributed by atoms with Crippen LogP contribution in [0.2, 0.25) is 10.0 Å². The molecular formula is C26H21Cl2N3O3. The van der Waals surface area contributed by atoms with Crippen molar-refractivity contribution in [2.45, 2.75) is 12.5 Å². The molecule has 0 radical (unpaired) electrons. The highest BCUT2D eigenvalue weighted by Crippen LogP contribution is 2.44. The van der Waals surface area contributed by atoms with Crippen LogP contribution in [0.25, 0.3) is 11.0 Å². The fraction of sp³-hybridized carbons (Fsp3) is 0.192. The Bertz CT molecular complexity index is 1370. The normalized spacial score (nSPS) is 15.2. The molecular weight excluding hydrogens is 473 g/mol. The Morgan fingerprint density at radius 3 is 2.44 bits per heavy atom. The van der Waals surface area contributed by atoms with E-state index in [4.69, 9.17) is 32.7 Å². The van der Waals surface area contributed by atoms with Crippen molar-refractivity contribution in [2.24, 2.45) is 0 Å². The number of fused-ring (bicyclic) bond motifs is 2. The number of ether oxygens (including phenoxy) is 2. The lowest BCUT2D eigenvalue weighted by Gasteiger charge is -2.38. The van der Waals surface area contributed by atoms with Crippen LogP contribution in [-0.4, -0.2) is 41.5 Å². The molecule has 0 saturated heterocycles. The number of halogens is 2. The lowest BCUT2D eigenvalue weighted by molar-refractivity contribution is 0.0686. The van der Waals surface area contributed by atoms with Crippen LogP contribution in [0.1, 0.15) is 33.2 Å². The van der Waals surface area contributed by atoms with Crippen molar-refractivity contribution < 1.29 is 14.3 Å². The van der Waals surface area contributed by atoms with Gasteiger partial charge >= 0.3 is 0 Å². The molecule has 0 fully saturated rings. The Morgan fingerprint density at radius 1 is 1.00 bits per heavy atom. The van der Waals surface area contributed by atoms with E-state index in [1.165, 1.54) is 6.20 Å². The average molecular weight is 494 g/mol. The summed E-state index contributed by atoms with van der Waals surface area (Å²) < 4.78 is 11.2. The fourth-order valence-electron chi connectivity index (χ4n) is 4.49. The number of carbonyl (C=O) groups excluding carboxylic acids is 1. The molecule has 1 amide bonds. The Kier molecular flexibility index (Phi) is 6.02. The first-order valence-electron chi connectivity index (χ1n) is 10.7. The first-order chi connectivity index (χ1) is 16.5. The number of hydrogen-bond donors (Lipinski definition) is 0. The third-order valence-electron chi connectivity index (χ3n) is 5.99. The summed E-state index contributed by atoms with van der Waals surface area (Å²) in [5.74, 6) is 1.08. The van der Waals surface area contributed by atoms with E-state index >= 15 is 0 Å². The maximum Gasteiger partial charge on any atom is 0.274 e. The molecule has 0 N–H and O–H groups in total. The van der Waals surface area contributed by atoms with Crippen molar-refractivity contribution in [3.8, 4) is 11.5 Å². The summed E-state index contributed by atoms with van der Waals surface area (Å²) >= 11 is 12.7. The van der Waals surface area contributed by atoms with E-state index in [2.05, 4.69) is 9.97 Å². The van der Waals surface area contributed by atoms with E-state index in [1.807, 2.05) is 48.5 Å². The van der Waals surface area contributed by atoms with Crippen LogP contribution in [0.4, 0.5) is 0 Å². The molecule has 1 unspecified atom stereocenters. The van der Waals surface area contributed by atoms with Gasteiger partial charge in [-0.3, -0.25) is 9.78 Å². The van der Waals surface area contributed by atoms with Gasteiger partial charge in [0.1, 0.15) is 17.2 Å². The number of benzene rings is 3. The van der Waals surface area contributed by atoms with Gasteiger partial charge in [0.15, 0.2) is 0 Å². The standard InChI is InChI=1S/C26H21Cl2N3O3/c1-33-19-11-15-7-8-31(26(32)22-14-29-20-5-3-4-6-21(20)30-22)25(24(15)23(13-19)34-2)16-9-17(27)12-18(28)10-16/h3-6,9-14,25H,7-8H2,1-2H3. The largest absolute Gasteiger partial charge is 0.497 e. The van der Waals surface area contributed by atoms with E-state index in [0.717, 1.165) is 22.2 Å². The van der Waals surface area contributed by atoms with Gasteiger partial charge in [0, 0.05) is 28.2 Å². The van der Waals surface area contributed by atoms with E-state index in [9.17, 15) is 4.79 Å². The fourth-order valence-corrected chi connectivity index (χ4v) is 5.03. The van der Waals surface area contributed by atoms with Crippen molar-refractivity contribution in [3.05, 3.63) is 93.2 Å². The molecule has 1 atom stereocenters. The molecule has 0 spiro atoms. The SMILES string of the molecule is COc1cc2c(c(OC)c1)C(c1cc(Cl)cc(Cl)c1)N(C(=O)c1cnc3ccccc3n1)CC2. The van der Waals surface area contributed by atoms with Crippen LogP contribution in [0.15, 0.2) is 60.8 Å². The second-order valence-corrected chi connectivity index (χ2v) is 8.87. The lowest BCUT2D eigenvalue weighted by Crippen LogP contribution is -2.41. The summed E-state index contributed by atoms with van der Waals surface area (Å²) in [4.78, 5) is 24.6. The number of carbonyl (C=O) groups is 1. The molecule has 1 aliphatic rings. The molecule has 3 aromatic carbocycles. The van der Waals surface area contributed by atoms with Gasteiger partial charge in [-0.05, 0) is 53.9 Å². The third kappa shape index (κ3) is 4.04. The molecule has 1 aliphatic heterocycles. The number of aromatic nitrogens is 2. The molecule has 4 aromatic rings. The lowest BCUT2D eigenvalue weighted by atomic mass is 9.87. The second-order valence-electron chi connectivity index (χ2n) is 8.00. The van der Waals surface area contributed by atoms with Crippen LogP contribution < -0.4 is 9.47 Å². The predicted octanol–water partition coefficient (Wildman–Crippen LogP) is 5.74. The van der Waals surface area contributed by atoms with Crippen LogP contribution >= 0.6 is 23.2 Å². The maximum absolute atomic E-state index is 13.8. The molecule has 172 valence electrons. The Labute approximate surface area is 207 Å². The van der Waals surface area contributed by atoms with Gasteiger partial charge in [0.25, 0.3) is 5.91 Å². The highest BCUT2D eigenvalue weighted by molar-refractivity contribution is 6.34. The zero-order valence-corrected chi connectivity index (χ0v) is 20.1. The Morgan fingerprint density at radius 2 is 1.74 bits per heavy atom. The molecule has 0 saturated carbocycles. The Balaban J connectivity index is 1.67. The van der Waals surface area contributed by atoms with Gasteiger partial charge in [0.05, 0.1) is 37.5 Å². The van der Waals surface area contributed by atoms with Crippen molar-refractivity contribution in [1.29, 1.82) is 0 Å². The van der Waals surface area contributed by atoms with E-state index in [-0.39, 0.29) is 11.6 Å². The summed E-state index contributed by atoms with van der Waals surface area (Å²) in [6.45, 7) is 0.464. The number of para-hydroxylation sites is 2. The van der Waals surface area contributed by atoms with Gasteiger partial charge in [-0.25, -0.2) is 4.98 Å². The number of methoxy groups -OCH3 is 2. The van der Waals surface area contributed by atoms with E-state index in [0.29, 0.717) is 40.0 Å². The summed E-state index contributed by atoms with van der Waals surface area (Å²) in [5, 5.41) is 0.972. The van der Waals surface area contributed by atoms with Crippen molar-refractivity contribution >= 4 is 40.1 Å². The molecule has 0 bridgehead atoms. The summed E-state index contributed by atoms with van der Waals surface area (Å²) in [6, 6.07) is 16.1. The van der Waals surface area contributed by atoms with Crippen molar-refractivity contribution in [2.75, 3.05) is 20.8 Å². The van der Waals surface area contributed by atoms with E-state index in [1.54, 1.807) is 25.2 Å². The molecule has 6 nitrogen and oxygen atoms in total. The summed E-state index contributed by atoms with van der Waals surface area (Å²) in [6.07, 6.45) is 2.15. The quantitative estimate of drug-likeness (QED) is 0.362. The first kappa shape index (κ1) is 22.4. The monoisotopic (exact) mass is 493 g/mol. The average Bonchev–Trinajstić information content (AvgIpc) is 2.85. The predicted molar refractivity (Wildman–Crippen MR) is 132 cm³/mol. The molecule has 5 rings (SSSR count). The van der Waals surface area contributed by atoms with Crippen LogP contribution in [0, 0.1) is 0 Å². The van der Waals surface area contributed by atoms with Crippen molar-refractivity contribution in [3.63, 3.8) is 0 Å². The Hall–Kier alpha value is -3.35. The third-order valence-corrected chi connectivity index (χ3v) is 6.43. The smallest absolute Gasteiger partial charge is 0.274 e. The number of rotatable bonds is 4. The minimum Gasteiger partial charge on any atom is -0.497 e. The minimum absolute atomic E-state index is 0.233. The zero-order chi connectivity index (χ0) is 23.8. The van der Waals surface area contributed by atoms with Crippen molar-refractivity contribution in [1.82, 2.24) is 14.9 Å². The number of nitrogens with zero attached hydrogens (tertiary/aromatic N) is 3. The minimum atomic E-state index is -0.485. The molecule has 2 heterocycles. The van der Waals surface area contributed by atoms with Gasteiger partial charge in [0.2, 0.25) is 0 Å². The molecule has 0 aliphatic carbocycles. The molecule has 34 heavy (non-hydrogen) atoms. The van der Waals surface area contributed by atoms with E-state index < -0.39 is 6.04 Å². The van der Waals surface area contributed by atoms with Gasteiger partial charge < -0.3 is 14.4 Å². The highest BCUT2D eigenvalue weighted by Gasteiger charge is 2.36. The van der Waals surface area contributed by atoms with Crippen LogP contribution in [0.5, 0.6) is 11.5 Å². The first-order valence-corrected chi connectivity index (χ1v) is 11.5. The molecule has 8 heteroatoms. The topological polar surface area (TPSA) is 64.6 Å². The highest BCUT2D eigenvalue weighted by atomic mass is 35.5. The van der Waals surface area contributed by atoms with Crippen LogP contribution in [0.3, 0.4) is 0 Å². The van der Waals surface area contributed by atoms with Gasteiger partial charge in [-0.2, -0.15) is 0 Å². The summed E-state index contributed by atoms with van der Waals surface area (Å²) in [7, 11) is 3.22. The maximum atomic E-state index is 13.8. The summed E-state index contributed by atoms with van der Waals surface area (Å²) in [5.41, 5.74) is 4.35. The van der Waals surface area contributed by atoms with Gasteiger partial charge in [-0.15, -0.1) is 0 Å². The van der Waals surface area contributed by atoms with Gasteiger partial charge in [-0.1, -0.05) is 35.3 Å². The zero-order valence-electron chi connectivity index (χ0n) is 18.6.